The van der Waals surface area contributed by atoms with Crippen LogP contribution in [0.15, 0.2) is 0 Å². The van der Waals surface area contributed by atoms with Crippen LogP contribution >= 0.6 is 0 Å². The van der Waals surface area contributed by atoms with E-state index >= 15 is 0 Å². The zero-order valence-electron chi connectivity index (χ0n) is 4.45. The summed E-state index contributed by atoms with van der Waals surface area (Å²) in [6, 6.07) is 2.79. The van der Waals surface area contributed by atoms with Crippen LogP contribution in [0.2, 0.25) is 0 Å². The molecule has 0 N–H and O–H groups in total. The molecule has 0 fully saturated rings. The minimum absolute atomic E-state index is 1.82. The highest BCUT2D eigenvalue weighted by Crippen LogP contribution is 1.60. The zero-order chi connectivity index (χ0) is 4.99. The molecule has 34 valence electrons. The van der Waals surface area contributed by atoms with E-state index in [0.29, 0.717) is 0 Å². The number of hydrogen-bond acceptors (Lipinski definition) is 1. The molecule has 0 heterocycles. The molecule has 0 saturated carbocycles. The van der Waals surface area contributed by atoms with E-state index in [4.69, 9.17) is 0 Å². The van der Waals surface area contributed by atoms with Crippen LogP contribution in [0.1, 0.15) is 6.92 Å². The Bertz CT molecular complexity index is 73.7. The maximum absolute atomic E-state index is 2.79. The van der Waals surface area contributed by atoms with Crippen LogP contribution < -0.4 is 0 Å². The van der Waals surface area contributed by atoms with Crippen LogP contribution in [-0.2, 0) is 0 Å². The van der Waals surface area contributed by atoms with Crippen molar-refractivity contribution < 1.29 is 0 Å². The second-order valence-corrected chi connectivity index (χ2v) is 1.26. The molecular weight excluding hydrogens is 74.1 g/mol. The van der Waals surface area contributed by atoms with Gasteiger partial charge in [-0.3, -0.25) is 0 Å². The van der Waals surface area contributed by atoms with E-state index in [9.17, 15) is 0 Å². The summed E-state index contributed by atoms with van der Waals surface area (Å²) in [5.41, 5.74) is 0. The fourth-order valence-corrected chi connectivity index (χ4v) is 0.224. The Morgan fingerprint density at radius 2 is 1.83 bits per heavy atom. The summed E-state index contributed by atoms with van der Waals surface area (Å²) in [6.07, 6.45) is 0. The molecule has 0 aliphatic heterocycles. The lowest BCUT2D eigenvalue weighted by molar-refractivity contribution is 0.597. The Balaban J connectivity index is 3.20. The third-order valence-corrected chi connectivity index (χ3v) is 0.335. The molecule has 0 spiro atoms. The quantitative estimate of drug-likeness (QED) is 0.305. The Hall–Kier alpha value is -0.640. The van der Waals surface area contributed by atoms with E-state index < -0.39 is 0 Å². The van der Waals surface area contributed by atoms with Crippen LogP contribution in [0.4, 0.5) is 0 Å². The lowest BCUT2D eigenvalue weighted by atomic mass is 10.7. The standard InChI is InChI=1S/C5H9N/c1-4-5-6(2)3/h1-3H3. The molecule has 1 nitrogen and oxygen atoms in total. The van der Waals surface area contributed by atoms with Crippen molar-refractivity contribution in [2.75, 3.05) is 14.1 Å². The Labute approximate surface area is 39.0 Å². The van der Waals surface area contributed by atoms with Gasteiger partial charge in [0.25, 0.3) is 0 Å². The lowest BCUT2D eigenvalue weighted by Gasteiger charge is -1.94. The molecular formula is C5H9N. The second-order valence-electron chi connectivity index (χ2n) is 1.26. The molecule has 0 aromatic carbocycles. The van der Waals surface area contributed by atoms with Crippen LogP contribution in [-0.4, -0.2) is 19.0 Å². The summed E-state index contributed by atoms with van der Waals surface area (Å²) in [7, 11) is 3.83. The molecule has 6 heavy (non-hydrogen) atoms. The maximum atomic E-state index is 2.79. The van der Waals surface area contributed by atoms with Gasteiger partial charge in [0.05, 0.1) is 0 Å². The molecule has 1 heteroatoms. The van der Waals surface area contributed by atoms with Crippen LogP contribution in [0.5, 0.6) is 0 Å². The summed E-state index contributed by atoms with van der Waals surface area (Å²) in [4.78, 5) is 1.82. The largest absolute Gasteiger partial charge is 0.339 e. The van der Waals surface area contributed by atoms with Crippen molar-refractivity contribution in [2.45, 2.75) is 6.92 Å². The molecule has 0 aromatic heterocycles. The first-order chi connectivity index (χ1) is 2.77. The molecule has 0 radical (unpaired) electrons. The fraction of sp³-hybridized carbons (Fsp3) is 0.600. The van der Waals surface area contributed by atoms with Gasteiger partial charge in [-0.15, -0.1) is 0 Å². The summed E-state index contributed by atoms with van der Waals surface area (Å²) >= 11 is 0. The average Bonchev–Trinajstić information content (AvgIpc) is 1.35. The molecule has 0 aliphatic carbocycles. The van der Waals surface area contributed by atoms with Gasteiger partial charge >= 0.3 is 0 Å². The Kier molecular flexibility index (Phi) is 2.31. The van der Waals surface area contributed by atoms with E-state index in [1.54, 1.807) is 0 Å². The van der Waals surface area contributed by atoms with E-state index in [-0.39, 0.29) is 0 Å². The molecule has 0 rings (SSSR count). The highest BCUT2D eigenvalue weighted by Gasteiger charge is 1.64. The van der Waals surface area contributed by atoms with E-state index in [0.717, 1.165) is 0 Å². The highest BCUT2D eigenvalue weighted by atomic mass is 15.0. The maximum Gasteiger partial charge on any atom is 0.0144 e. The summed E-state index contributed by atoms with van der Waals surface area (Å²) in [5.74, 6) is 2.74. The third-order valence-electron chi connectivity index (χ3n) is 0.335. The van der Waals surface area contributed by atoms with Gasteiger partial charge in [0.1, 0.15) is 0 Å². The van der Waals surface area contributed by atoms with Crippen molar-refractivity contribution in [1.82, 2.24) is 4.90 Å². The van der Waals surface area contributed by atoms with Crippen molar-refractivity contribution in [3.63, 3.8) is 0 Å². The normalized spacial score (nSPS) is 5.83. The SMILES string of the molecule is CC#CN(C)C. The molecule has 0 unspecified atom stereocenters. The average molecular weight is 83.1 g/mol. The monoisotopic (exact) mass is 83.1 g/mol. The Morgan fingerprint density at radius 1 is 1.33 bits per heavy atom. The third kappa shape index (κ3) is 3.36. The van der Waals surface area contributed by atoms with E-state index in [1.807, 2.05) is 25.9 Å². The molecule has 0 aliphatic rings. The molecule has 0 saturated heterocycles. The van der Waals surface area contributed by atoms with Gasteiger partial charge in [0.2, 0.25) is 0 Å². The minimum Gasteiger partial charge on any atom is -0.339 e. The van der Waals surface area contributed by atoms with Gasteiger partial charge in [-0.1, -0.05) is 5.92 Å². The number of hydrogen-bond donors (Lipinski definition) is 0. The summed E-state index contributed by atoms with van der Waals surface area (Å²) in [6.45, 7) is 1.82. The first kappa shape index (κ1) is 5.36. The summed E-state index contributed by atoms with van der Waals surface area (Å²) in [5, 5.41) is 0. The van der Waals surface area contributed by atoms with Gasteiger partial charge in [0, 0.05) is 20.1 Å². The van der Waals surface area contributed by atoms with Crippen LogP contribution in [0, 0.1) is 12.0 Å². The second kappa shape index (κ2) is 2.59. The minimum atomic E-state index is 1.82. The topological polar surface area (TPSA) is 3.24 Å². The van der Waals surface area contributed by atoms with Crippen molar-refractivity contribution in [1.29, 1.82) is 0 Å². The number of rotatable bonds is 0. The lowest BCUT2D eigenvalue weighted by Crippen LogP contribution is -2.00. The predicted octanol–water partition coefficient (Wildman–Crippen LogP) is 0.529. The zero-order valence-corrected chi connectivity index (χ0v) is 4.45. The first-order valence-electron chi connectivity index (χ1n) is 1.87. The molecule has 0 amide bonds. The molecule has 0 bridgehead atoms. The Morgan fingerprint density at radius 3 is 1.83 bits per heavy atom. The van der Waals surface area contributed by atoms with Crippen molar-refractivity contribution in [3.05, 3.63) is 0 Å². The number of nitrogens with zero attached hydrogens (tertiary/aromatic N) is 1. The van der Waals surface area contributed by atoms with Gasteiger partial charge in [-0.25, -0.2) is 0 Å². The van der Waals surface area contributed by atoms with Gasteiger partial charge in [-0.05, 0) is 6.92 Å². The van der Waals surface area contributed by atoms with Crippen molar-refractivity contribution in [3.8, 4) is 12.0 Å². The highest BCUT2D eigenvalue weighted by molar-refractivity contribution is 4.91. The van der Waals surface area contributed by atoms with Gasteiger partial charge in [-0.2, -0.15) is 0 Å². The van der Waals surface area contributed by atoms with Crippen LogP contribution in [0.25, 0.3) is 0 Å². The van der Waals surface area contributed by atoms with Gasteiger partial charge in [0.15, 0.2) is 0 Å². The van der Waals surface area contributed by atoms with Gasteiger partial charge < -0.3 is 4.90 Å². The predicted molar refractivity (Wildman–Crippen MR) is 27.1 cm³/mol. The van der Waals surface area contributed by atoms with Crippen molar-refractivity contribution in [2.24, 2.45) is 0 Å². The smallest absolute Gasteiger partial charge is 0.0144 e. The first-order valence-corrected chi connectivity index (χ1v) is 1.87. The molecule has 0 atom stereocenters. The van der Waals surface area contributed by atoms with Crippen molar-refractivity contribution >= 4 is 0 Å². The van der Waals surface area contributed by atoms with Crippen LogP contribution in [0.3, 0.4) is 0 Å². The van der Waals surface area contributed by atoms with E-state index in [2.05, 4.69) is 12.0 Å². The fourth-order valence-electron chi connectivity index (χ4n) is 0.224. The summed E-state index contributed by atoms with van der Waals surface area (Å²) < 4.78 is 0. The van der Waals surface area contributed by atoms with E-state index in [1.165, 1.54) is 0 Å². The molecule has 0 aromatic rings.